The number of aliphatic hydroxyl groups is 5. The normalized spacial score (nSPS) is 24.1. The molecule has 1 aliphatic rings. The fourth-order valence-corrected chi connectivity index (χ4v) is 5.21. The van der Waals surface area contributed by atoms with Crippen LogP contribution in [0.5, 0.6) is 0 Å². The molecule has 7 atom stereocenters. The van der Waals surface area contributed by atoms with Gasteiger partial charge in [-0.25, -0.2) is 0 Å². The maximum atomic E-state index is 12.7. The quantitative estimate of drug-likeness (QED) is 0.0601. The number of carbonyl (C=O) groups is 1. The molecular formula is C34H63NO8. The van der Waals surface area contributed by atoms with Crippen LogP contribution in [0.25, 0.3) is 0 Å². The molecule has 0 aliphatic carbocycles. The molecular weight excluding hydrogens is 550 g/mol. The summed E-state index contributed by atoms with van der Waals surface area (Å²) in [6, 6.07) is -0.828. The smallest absolute Gasteiger partial charge is 0.220 e. The maximum absolute atomic E-state index is 12.7. The zero-order valence-electron chi connectivity index (χ0n) is 27.0. The Morgan fingerprint density at radius 2 is 1.35 bits per heavy atom. The number of rotatable bonds is 26. The zero-order valence-corrected chi connectivity index (χ0v) is 27.0. The molecule has 2 unspecified atom stereocenters. The Morgan fingerprint density at radius 1 is 0.791 bits per heavy atom. The van der Waals surface area contributed by atoms with Crippen LogP contribution in [0, 0.1) is 0 Å². The second kappa shape index (κ2) is 25.9. The summed E-state index contributed by atoms with van der Waals surface area (Å²) in [6.45, 7) is 3.65. The Balaban J connectivity index is 2.57. The highest BCUT2D eigenvalue weighted by Gasteiger charge is 2.44. The van der Waals surface area contributed by atoms with Gasteiger partial charge in [0.15, 0.2) is 6.29 Å². The molecule has 0 spiro atoms. The number of carbonyl (C=O) groups excluding carboxylic acids is 1. The third-order valence-corrected chi connectivity index (χ3v) is 8.08. The van der Waals surface area contributed by atoms with E-state index in [9.17, 15) is 30.3 Å². The Labute approximate surface area is 260 Å². The van der Waals surface area contributed by atoms with Crippen molar-refractivity contribution in [3.05, 3.63) is 24.3 Å². The van der Waals surface area contributed by atoms with Crippen LogP contribution in [0.1, 0.15) is 129 Å². The van der Waals surface area contributed by atoms with Gasteiger partial charge in [0.2, 0.25) is 5.91 Å². The van der Waals surface area contributed by atoms with E-state index in [1.54, 1.807) is 12.2 Å². The molecule has 6 N–H and O–H groups in total. The molecule has 0 aromatic heterocycles. The van der Waals surface area contributed by atoms with Crippen molar-refractivity contribution in [2.75, 3.05) is 13.2 Å². The van der Waals surface area contributed by atoms with E-state index in [2.05, 4.69) is 25.2 Å². The summed E-state index contributed by atoms with van der Waals surface area (Å²) in [5, 5.41) is 53.5. The van der Waals surface area contributed by atoms with Gasteiger partial charge in [0.05, 0.1) is 25.4 Å². The number of ether oxygens (including phenoxy) is 2. The van der Waals surface area contributed by atoms with E-state index in [4.69, 9.17) is 9.47 Å². The number of hydrogen-bond acceptors (Lipinski definition) is 8. The van der Waals surface area contributed by atoms with E-state index in [-0.39, 0.29) is 12.5 Å². The summed E-state index contributed by atoms with van der Waals surface area (Å²) >= 11 is 0. The molecule has 1 rings (SSSR count). The molecule has 0 aromatic carbocycles. The van der Waals surface area contributed by atoms with Crippen molar-refractivity contribution in [2.45, 2.75) is 172 Å². The van der Waals surface area contributed by atoms with Crippen LogP contribution < -0.4 is 5.32 Å². The van der Waals surface area contributed by atoms with Gasteiger partial charge in [0.1, 0.15) is 24.4 Å². The van der Waals surface area contributed by atoms with Gasteiger partial charge in [-0.15, -0.1) is 0 Å². The molecule has 0 aromatic rings. The molecule has 9 heteroatoms. The van der Waals surface area contributed by atoms with E-state index in [1.165, 1.54) is 77.0 Å². The number of aliphatic hydroxyl groups excluding tert-OH is 5. The lowest BCUT2D eigenvalue weighted by molar-refractivity contribution is -0.302. The van der Waals surface area contributed by atoms with Gasteiger partial charge in [0.25, 0.3) is 0 Å². The van der Waals surface area contributed by atoms with Gasteiger partial charge in [-0.2, -0.15) is 0 Å². The summed E-state index contributed by atoms with van der Waals surface area (Å²) in [4.78, 5) is 12.7. The summed E-state index contributed by atoms with van der Waals surface area (Å²) in [5.74, 6) is -0.201. The van der Waals surface area contributed by atoms with Crippen LogP contribution in [0.15, 0.2) is 24.3 Å². The lowest BCUT2D eigenvalue weighted by Gasteiger charge is -2.40. The molecule has 1 fully saturated rings. The third-order valence-electron chi connectivity index (χ3n) is 8.08. The lowest BCUT2D eigenvalue weighted by Crippen LogP contribution is -2.60. The average Bonchev–Trinajstić information content (AvgIpc) is 3.00. The molecule has 1 heterocycles. The summed E-state index contributed by atoms with van der Waals surface area (Å²) in [5.41, 5.74) is 0. The predicted octanol–water partition coefficient (Wildman–Crippen LogP) is 4.82. The SMILES string of the molecule is CCCCCCCC/C=C/C=C/[C@@H](O)[C@H](CO[C@@H]1O[C@H](CO)[C@@H](O)C(O)C1O)NC(=O)CCCCCCCCCCCC. The number of amides is 1. The standard InChI is InChI=1S/C34H63NO8/c1-3-5-7-9-11-13-15-17-19-21-23-28(37)27(26-42-34-33(41)32(40)31(39)29(25-36)43-34)35-30(38)24-22-20-18-16-14-12-10-8-6-4-2/h17,19,21,23,27-29,31-34,36-37,39-41H,3-16,18,20,22,24-26H2,1-2H3,(H,35,38)/b19-17+,23-21+/t27-,28+,29+,31+,32?,33?,34+/m0/s1. The molecule has 1 saturated heterocycles. The summed E-state index contributed by atoms with van der Waals surface area (Å²) < 4.78 is 11.1. The molecule has 0 radical (unpaired) electrons. The molecule has 1 aliphatic heterocycles. The minimum Gasteiger partial charge on any atom is -0.394 e. The van der Waals surface area contributed by atoms with Gasteiger partial charge in [0, 0.05) is 6.42 Å². The van der Waals surface area contributed by atoms with E-state index in [0.717, 1.165) is 32.1 Å². The first-order valence-corrected chi connectivity index (χ1v) is 17.1. The van der Waals surface area contributed by atoms with Crippen molar-refractivity contribution in [3.63, 3.8) is 0 Å². The van der Waals surface area contributed by atoms with Crippen LogP contribution in [0.4, 0.5) is 0 Å². The first kappa shape index (κ1) is 39.7. The van der Waals surface area contributed by atoms with Crippen LogP contribution in [0.3, 0.4) is 0 Å². The Bertz CT molecular complexity index is 731. The molecule has 1 amide bonds. The second-order valence-electron chi connectivity index (χ2n) is 12.0. The topological polar surface area (TPSA) is 149 Å². The van der Waals surface area contributed by atoms with Crippen molar-refractivity contribution >= 4 is 5.91 Å². The fraction of sp³-hybridized carbons (Fsp3) is 0.853. The van der Waals surface area contributed by atoms with Crippen molar-refractivity contribution in [2.24, 2.45) is 0 Å². The third kappa shape index (κ3) is 18.3. The van der Waals surface area contributed by atoms with Gasteiger partial charge in [-0.05, 0) is 19.3 Å². The zero-order chi connectivity index (χ0) is 31.7. The van der Waals surface area contributed by atoms with Crippen molar-refractivity contribution in [1.29, 1.82) is 0 Å². The highest BCUT2D eigenvalue weighted by molar-refractivity contribution is 5.76. The van der Waals surface area contributed by atoms with Crippen LogP contribution in [-0.4, -0.2) is 87.5 Å². The van der Waals surface area contributed by atoms with E-state index >= 15 is 0 Å². The molecule has 43 heavy (non-hydrogen) atoms. The molecule has 0 saturated carbocycles. The van der Waals surface area contributed by atoms with E-state index in [0.29, 0.717) is 6.42 Å². The highest BCUT2D eigenvalue weighted by atomic mass is 16.7. The number of allylic oxidation sites excluding steroid dienone is 3. The second-order valence-corrected chi connectivity index (χ2v) is 12.0. The number of hydrogen-bond donors (Lipinski definition) is 6. The lowest BCUT2D eigenvalue weighted by atomic mass is 9.99. The Hall–Kier alpha value is -1.33. The monoisotopic (exact) mass is 613 g/mol. The van der Waals surface area contributed by atoms with Crippen LogP contribution >= 0.6 is 0 Å². The van der Waals surface area contributed by atoms with Crippen LogP contribution in [-0.2, 0) is 14.3 Å². The molecule has 9 nitrogen and oxygen atoms in total. The van der Waals surface area contributed by atoms with Crippen molar-refractivity contribution in [1.82, 2.24) is 5.32 Å². The van der Waals surface area contributed by atoms with Gasteiger partial charge in [-0.1, -0.05) is 128 Å². The van der Waals surface area contributed by atoms with Crippen molar-refractivity contribution < 1.29 is 39.8 Å². The van der Waals surface area contributed by atoms with Crippen LogP contribution in [0.2, 0.25) is 0 Å². The minimum atomic E-state index is -1.57. The maximum Gasteiger partial charge on any atom is 0.220 e. The van der Waals surface area contributed by atoms with E-state index in [1.807, 2.05) is 6.08 Å². The Morgan fingerprint density at radius 3 is 1.93 bits per heavy atom. The van der Waals surface area contributed by atoms with Gasteiger partial charge >= 0.3 is 0 Å². The van der Waals surface area contributed by atoms with Gasteiger partial charge < -0.3 is 40.3 Å². The average molecular weight is 614 g/mol. The molecule has 0 bridgehead atoms. The Kier molecular flexibility index (Phi) is 23.9. The molecule has 252 valence electrons. The first-order valence-electron chi connectivity index (χ1n) is 17.1. The largest absolute Gasteiger partial charge is 0.394 e. The first-order chi connectivity index (χ1) is 20.8. The highest BCUT2D eigenvalue weighted by Crippen LogP contribution is 2.22. The summed E-state index contributed by atoms with van der Waals surface area (Å²) in [7, 11) is 0. The number of nitrogens with one attached hydrogen (secondary N) is 1. The minimum absolute atomic E-state index is 0.201. The van der Waals surface area contributed by atoms with Crippen molar-refractivity contribution in [3.8, 4) is 0 Å². The van der Waals surface area contributed by atoms with E-state index < -0.39 is 49.5 Å². The van der Waals surface area contributed by atoms with Gasteiger partial charge in [-0.3, -0.25) is 4.79 Å². The number of unbranched alkanes of at least 4 members (excludes halogenated alkanes) is 15. The summed E-state index contributed by atoms with van der Waals surface area (Å²) in [6.07, 6.45) is 19.5. The predicted molar refractivity (Wildman–Crippen MR) is 170 cm³/mol. The fourth-order valence-electron chi connectivity index (χ4n) is 5.21.